The van der Waals surface area contributed by atoms with Gasteiger partial charge in [0.25, 0.3) is 21.9 Å². The number of aromatic amines is 1. The van der Waals surface area contributed by atoms with Crippen molar-refractivity contribution in [3.05, 3.63) is 71.4 Å². The van der Waals surface area contributed by atoms with Gasteiger partial charge in [-0.15, -0.1) is 0 Å². The van der Waals surface area contributed by atoms with Crippen molar-refractivity contribution in [1.29, 1.82) is 0 Å². The fraction of sp³-hybridized carbons (Fsp3) is 0.528. The standard InChI is InChI=1S/C35H41N5O5.CH4O3S/c1-3-14-34(37-31(41)23-17-25-24-11-7-12-26-30(24)22(19-36-26)18-27(25)38(2)20-23)33(43)40-28(16-21-9-5-4-6-10-21)32(42)39-15-8-13-29(39)35(40,44)45-34;1-5(2,3)4/h4-7,9-12,19,23,25,27-29,36,44H,3,8,13-18,20H2,1-2H3,(H,37,41);1H3,(H,2,3,4)/t23-,25-,27-,28+,29+,34-,35+;/m1./s1. The Balaban J connectivity index is 0.000000734. The summed E-state index contributed by atoms with van der Waals surface area (Å²) in [5, 5.41) is 16.6. The first-order valence-electron chi connectivity index (χ1n) is 17.4. The van der Waals surface area contributed by atoms with E-state index >= 15 is 0 Å². The highest BCUT2D eigenvalue weighted by Gasteiger charge is 2.71. The number of hydrogen-bond donors (Lipinski definition) is 4. The number of hydrogen-bond acceptors (Lipinski definition) is 8. The second kappa shape index (κ2) is 12.7. The predicted octanol–water partition coefficient (Wildman–Crippen LogP) is 2.37. The van der Waals surface area contributed by atoms with Crippen LogP contribution in [-0.4, -0.2) is 112 Å². The Kier molecular flexibility index (Phi) is 8.83. The highest BCUT2D eigenvalue weighted by atomic mass is 32.2. The van der Waals surface area contributed by atoms with Gasteiger partial charge in [0.2, 0.25) is 17.5 Å². The maximum atomic E-state index is 14.6. The fourth-order valence-corrected chi connectivity index (χ4v) is 9.11. The van der Waals surface area contributed by atoms with Crippen LogP contribution in [0.1, 0.15) is 61.6 Å². The zero-order chi connectivity index (χ0) is 35.6. The lowest BCUT2D eigenvalue weighted by Gasteiger charge is -2.48. The maximum Gasteiger partial charge on any atom is 0.281 e. The van der Waals surface area contributed by atoms with Crippen molar-refractivity contribution < 1.29 is 37.2 Å². The molecule has 4 aliphatic heterocycles. The van der Waals surface area contributed by atoms with Gasteiger partial charge in [0.1, 0.15) is 12.1 Å². The van der Waals surface area contributed by atoms with Crippen molar-refractivity contribution in [2.75, 3.05) is 26.4 Å². The Labute approximate surface area is 291 Å². The van der Waals surface area contributed by atoms with Crippen LogP contribution in [0.5, 0.6) is 0 Å². The number of piperazine rings is 1. The third-order valence-electron chi connectivity index (χ3n) is 11.1. The summed E-state index contributed by atoms with van der Waals surface area (Å²) in [5.41, 5.74) is 2.82. The molecule has 5 aliphatic rings. The normalized spacial score (nSPS) is 31.9. The molecule has 0 radical (unpaired) electrons. The van der Waals surface area contributed by atoms with Crippen LogP contribution in [0, 0.1) is 5.92 Å². The zero-order valence-electron chi connectivity index (χ0n) is 28.5. The van der Waals surface area contributed by atoms with E-state index in [0.717, 1.165) is 17.5 Å². The maximum absolute atomic E-state index is 14.6. The third kappa shape index (κ3) is 5.90. The minimum atomic E-state index is -3.67. The van der Waals surface area contributed by atoms with E-state index in [4.69, 9.17) is 9.29 Å². The molecule has 4 N–H and O–H groups in total. The molecule has 4 fully saturated rings. The van der Waals surface area contributed by atoms with Gasteiger partial charge in [-0.2, -0.15) is 8.42 Å². The van der Waals surface area contributed by atoms with E-state index in [1.165, 1.54) is 21.4 Å². The number of likely N-dealkylation sites (N-methyl/N-ethyl adjacent to an activating group) is 1. The van der Waals surface area contributed by atoms with E-state index in [2.05, 4.69) is 46.6 Å². The fourth-order valence-electron chi connectivity index (χ4n) is 9.11. The molecule has 50 heavy (non-hydrogen) atoms. The SMILES string of the molecule is CCC[C@@]1(NC(=O)[C@@H]2C[C@@H]3c4cccc5[nH]cc(c45)C[C@H]3N(C)C2)O[C@@]2(O)[C@@H]3CCCN3C(=O)[C@H](Cc3ccccc3)N2C1=O.CS(=O)(=O)O. The number of carbonyl (C=O) groups is 3. The summed E-state index contributed by atoms with van der Waals surface area (Å²) in [6.07, 6.45) is 6.60. The van der Waals surface area contributed by atoms with Crippen LogP contribution < -0.4 is 5.32 Å². The minimum absolute atomic E-state index is 0.171. The van der Waals surface area contributed by atoms with Gasteiger partial charge < -0.3 is 25.2 Å². The Hall–Kier alpha value is -3.82. The lowest BCUT2D eigenvalue weighted by molar-refractivity contribution is -0.317. The summed E-state index contributed by atoms with van der Waals surface area (Å²) in [7, 11) is -1.59. The Bertz CT molecular complexity index is 1910. The van der Waals surface area contributed by atoms with E-state index in [9.17, 15) is 27.9 Å². The van der Waals surface area contributed by atoms with Gasteiger partial charge in [-0.3, -0.25) is 28.6 Å². The third-order valence-corrected chi connectivity index (χ3v) is 11.1. The molecule has 0 saturated carbocycles. The molecule has 3 aromatic rings. The first kappa shape index (κ1) is 34.6. The van der Waals surface area contributed by atoms with Crippen molar-refractivity contribution >= 4 is 38.7 Å². The molecular weight excluding hydrogens is 662 g/mol. The number of carbonyl (C=O) groups excluding carboxylic acids is 3. The minimum Gasteiger partial charge on any atom is -0.361 e. The molecule has 13 nitrogen and oxygen atoms in total. The molecule has 4 saturated heterocycles. The Morgan fingerprint density at radius 3 is 2.60 bits per heavy atom. The van der Waals surface area contributed by atoms with Crippen LogP contribution in [0.25, 0.3) is 10.9 Å². The number of H-pyrrole nitrogens is 1. The predicted molar refractivity (Wildman–Crippen MR) is 184 cm³/mol. The van der Waals surface area contributed by atoms with Gasteiger partial charge in [0.05, 0.1) is 12.2 Å². The second-order valence-corrected chi connectivity index (χ2v) is 15.9. The van der Waals surface area contributed by atoms with Crippen molar-refractivity contribution in [1.82, 2.24) is 25.0 Å². The summed E-state index contributed by atoms with van der Waals surface area (Å²) in [4.78, 5) is 51.3. The smallest absolute Gasteiger partial charge is 0.281 e. The quantitative estimate of drug-likeness (QED) is 0.281. The first-order valence-corrected chi connectivity index (χ1v) is 19.2. The van der Waals surface area contributed by atoms with Gasteiger partial charge in [-0.05, 0) is 55.5 Å². The number of aliphatic hydroxyl groups is 1. The van der Waals surface area contributed by atoms with Crippen LogP contribution >= 0.6 is 0 Å². The van der Waals surface area contributed by atoms with Crippen molar-refractivity contribution in [2.24, 2.45) is 5.92 Å². The number of nitrogens with one attached hydrogen (secondary N) is 2. The van der Waals surface area contributed by atoms with Crippen LogP contribution in [0.15, 0.2) is 54.7 Å². The molecule has 0 unspecified atom stereocenters. The van der Waals surface area contributed by atoms with E-state index in [0.29, 0.717) is 45.0 Å². The van der Waals surface area contributed by atoms with E-state index in [1.54, 1.807) is 4.90 Å². The largest absolute Gasteiger partial charge is 0.361 e. The molecule has 8 rings (SSSR count). The molecule has 5 heterocycles. The highest BCUT2D eigenvalue weighted by molar-refractivity contribution is 7.85. The van der Waals surface area contributed by atoms with Crippen LogP contribution in [0.2, 0.25) is 0 Å². The number of aromatic nitrogens is 1. The number of ether oxygens (including phenoxy) is 1. The van der Waals surface area contributed by atoms with Gasteiger partial charge >= 0.3 is 0 Å². The average Bonchev–Trinajstić information content (AvgIpc) is 3.77. The molecule has 0 bridgehead atoms. The lowest BCUT2D eigenvalue weighted by atomic mass is 9.72. The monoisotopic (exact) mass is 707 g/mol. The molecular formula is C36H45N5O8S. The Morgan fingerprint density at radius 1 is 1.14 bits per heavy atom. The summed E-state index contributed by atoms with van der Waals surface area (Å²) in [6, 6.07) is 14.5. The summed E-state index contributed by atoms with van der Waals surface area (Å²) >= 11 is 0. The van der Waals surface area contributed by atoms with Crippen LogP contribution in [-0.2, 0) is 42.1 Å². The average molecular weight is 708 g/mol. The molecule has 1 aromatic heterocycles. The van der Waals surface area contributed by atoms with Crippen LogP contribution in [0.3, 0.4) is 0 Å². The summed E-state index contributed by atoms with van der Waals surface area (Å²) in [5.74, 6) is -3.22. The molecule has 1 aliphatic carbocycles. The zero-order valence-corrected chi connectivity index (χ0v) is 29.4. The number of rotatable bonds is 6. The number of likely N-dealkylation sites (tertiary alicyclic amines) is 1. The Morgan fingerprint density at radius 2 is 1.88 bits per heavy atom. The number of fused-ring (bicyclic) bond motifs is 5. The van der Waals surface area contributed by atoms with E-state index in [-0.39, 0.29) is 42.5 Å². The van der Waals surface area contributed by atoms with E-state index in [1.807, 2.05) is 37.3 Å². The first-order chi connectivity index (χ1) is 23.7. The van der Waals surface area contributed by atoms with Crippen molar-refractivity contribution in [2.45, 2.75) is 87.5 Å². The van der Waals surface area contributed by atoms with Crippen molar-refractivity contribution in [3.63, 3.8) is 0 Å². The van der Waals surface area contributed by atoms with Crippen molar-refractivity contribution in [3.8, 4) is 0 Å². The summed E-state index contributed by atoms with van der Waals surface area (Å²) in [6.45, 7) is 2.98. The molecule has 3 amide bonds. The van der Waals surface area contributed by atoms with E-state index < -0.39 is 39.7 Å². The van der Waals surface area contributed by atoms with Gasteiger partial charge in [0.15, 0.2) is 0 Å². The highest BCUT2D eigenvalue weighted by Crippen LogP contribution is 2.48. The summed E-state index contributed by atoms with van der Waals surface area (Å²) < 4.78 is 32.4. The van der Waals surface area contributed by atoms with Gasteiger partial charge in [-0.1, -0.05) is 55.8 Å². The molecule has 268 valence electrons. The molecule has 0 spiro atoms. The topological polar surface area (TPSA) is 173 Å². The molecule has 2 aromatic carbocycles. The van der Waals surface area contributed by atoms with Crippen LogP contribution in [0.4, 0.5) is 0 Å². The lowest BCUT2D eigenvalue weighted by Crippen LogP contribution is -2.71. The molecule has 14 heteroatoms. The number of benzene rings is 2. The number of amides is 3. The molecule has 7 atom stereocenters. The number of nitrogens with zero attached hydrogens (tertiary/aromatic N) is 3. The second-order valence-electron chi connectivity index (χ2n) is 14.5. The van der Waals surface area contributed by atoms with Gasteiger partial charge in [0, 0.05) is 55.0 Å². The number of piperidine rings is 1. The van der Waals surface area contributed by atoms with Gasteiger partial charge in [-0.25, -0.2) is 0 Å².